The van der Waals surface area contributed by atoms with Crippen molar-refractivity contribution in [3.05, 3.63) is 59.2 Å². The Kier molecular flexibility index (Phi) is 10.0. The van der Waals surface area contributed by atoms with Gasteiger partial charge in [0.2, 0.25) is 5.91 Å². The third-order valence-electron chi connectivity index (χ3n) is 5.61. The molecule has 1 aliphatic rings. The number of aromatic nitrogens is 2. The minimum absolute atomic E-state index is 0.131. The van der Waals surface area contributed by atoms with Crippen molar-refractivity contribution in [2.75, 3.05) is 11.9 Å². The quantitative estimate of drug-likeness (QED) is 0.428. The number of carbonyl (C=O) groups excluding carboxylic acids is 2. The van der Waals surface area contributed by atoms with Gasteiger partial charge in [-0.1, -0.05) is 32.0 Å². The van der Waals surface area contributed by atoms with Gasteiger partial charge in [-0.05, 0) is 43.4 Å². The van der Waals surface area contributed by atoms with Crippen molar-refractivity contribution < 1.29 is 19.4 Å². The number of nitrogens with zero attached hydrogens (tertiary/aromatic N) is 2. The van der Waals surface area contributed by atoms with Crippen LogP contribution < -0.4 is 10.6 Å². The van der Waals surface area contributed by atoms with Crippen LogP contribution in [0.3, 0.4) is 0 Å². The summed E-state index contributed by atoms with van der Waals surface area (Å²) in [6, 6.07) is 9.69. The Morgan fingerprint density at radius 2 is 1.97 bits per heavy atom. The fraction of sp³-hybridized carbons (Fsp3) is 0.423. The molecule has 3 aromatic rings. The van der Waals surface area contributed by atoms with Crippen LogP contribution in [0, 0.1) is 0 Å². The van der Waals surface area contributed by atoms with Gasteiger partial charge < -0.3 is 25.0 Å². The lowest BCUT2D eigenvalue weighted by Gasteiger charge is -2.25. The van der Waals surface area contributed by atoms with Crippen LogP contribution >= 0.6 is 11.3 Å². The van der Waals surface area contributed by atoms with E-state index in [4.69, 9.17) is 4.74 Å². The minimum Gasteiger partial charge on any atom is -0.393 e. The molecule has 1 fully saturated rings. The molecule has 8 nitrogen and oxygen atoms in total. The number of ether oxygens (including phenoxy) is 1. The molecule has 1 aliphatic carbocycles. The summed E-state index contributed by atoms with van der Waals surface area (Å²) in [6.45, 7) is 4.39. The molecular weight excluding hydrogens is 464 g/mol. The number of amides is 2. The van der Waals surface area contributed by atoms with Crippen molar-refractivity contribution in [1.29, 1.82) is 0 Å². The van der Waals surface area contributed by atoms with E-state index in [1.165, 1.54) is 11.3 Å². The first-order chi connectivity index (χ1) is 17.0. The van der Waals surface area contributed by atoms with E-state index in [-0.39, 0.29) is 30.6 Å². The molecule has 2 amide bonds. The SMILES string of the molecule is CC.Cn1ccc(C(=O)NCC(=O)Nc2nc(-c3cccc(COC4CCC(O)CC4)c3)cs2)c1. The van der Waals surface area contributed by atoms with E-state index in [1.807, 2.05) is 50.5 Å². The lowest BCUT2D eigenvalue weighted by molar-refractivity contribution is -0.115. The molecule has 2 aromatic heterocycles. The van der Waals surface area contributed by atoms with Gasteiger partial charge in [0.25, 0.3) is 5.91 Å². The second-order valence-electron chi connectivity index (χ2n) is 8.28. The molecule has 1 saturated carbocycles. The van der Waals surface area contributed by atoms with E-state index >= 15 is 0 Å². The molecule has 2 heterocycles. The number of benzene rings is 1. The molecular formula is C26H34N4O4S. The molecule has 0 unspecified atom stereocenters. The molecule has 3 N–H and O–H groups in total. The largest absolute Gasteiger partial charge is 0.393 e. The summed E-state index contributed by atoms with van der Waals surface area (Å²) in [5.41, 5.74) is 3.28. The molecule has 35 heavy (non-hydrogen) atoms. The first-order valence-corrected chi connectivity index (χ1v) is 12.9. The number of hydrogen-bond donors (Lipinski definition) is 3. The highest BCUT2D eigenvalue weighted by atomic mass is 32.1. The van der Waals surface area contributed by atoms with Crippen LogP contribution in [0.1, 0.15) is 55.5 Å². The zero-order valence-electron chi connectivity index (χ0n) is 20.5. The number of aryl methyl sites for hydroxylation is 1. The van der Waals surface area contributed by atoms with Crippen LogP contribution in [0.5, 0.6) is 0 Å². The van der Waals surface area contributed by atoms with E-state index in [2.05, 4.69) is 15.6 Å². The maximum Gasteiger partial charge on any atom is 0.253 e. The van der Waals surface area contributed by atoms with Gasteiger partial charge >= 0.3 is 0 Å². The average Bonchev–Trinajstić information content (AvgIpc) is 3.53. The highest BCUT2D eigenvalue weighted by Crippen LogP contribution is 2.27. The Hall–Kier alpha value is -3.01. The number of nitrogens with one attached hydrogen (secondary N) is 2. The Bertz CT molecular complexity index is 1100. The molecule has 0 atom stereocenters. The predicted octanol–water partition coefficient (Wildman–Crippen LogP) is 4.36. The number of rotatable bonds is 8. The van der Waals surface area contributed by atoms with E-state index in [9.17, 15) is 14.7 Å². The molecule has 9 heteroatoms. The number of aliphatic hydroxyl groups is 1. The van der Waals surface area contributed by atoms with Gasteiger partial charge in [0.15, 0.2) is 5.13 Å². The van der Waals surface area contributed by atoms with Gasteiger partial charge in [0, 0.05) is 30.4 Å². The van der Waals surface area contributed by atoms with Crippen LogP contribution in [0.2, 0.25) is 0 Å². The molecule has 4 rings (SSSR count). The van der Waals surface area contributed by atoms with Crippen LogP contribution in [-0.2, 0) is 23.2 Å². The molecule has 188 valence electrons. The maximum atomic E-state index is 12.2. The van der Waals surface area contributed by atoms with Crippen molar-refractivity contribution >= 4 is 28.3 Å². The first-order valence-electron chi connectivity index (χ1n) is 12.0. The maximum absolute atomic E-state index is 12.2. The number of anilines is 1. The van der Waals surface area contributed by atoms with Crippen molar-refractivity contribution in [1.82, 2.24) is 14.9 Å². The van der Waals surface area contributed by atoms with Crippen LogP contribution in [0.25, 0.3) is 11.3 Å². The average molecular weight is 499 g/mol. The number of hydrogen-bond acceptors (Lipinski definition) is 6. The van der Waals surface area contributed by atoms with Gasteiger partial charge in [-0.3, -0.25) is 9.59 Å². The van der Waals surface area contributed by atoms with Crippen molar-refractivity contribution in [3.8, 4) is 11.3 Å². The number of aliphatic hydroxyl groups excluding tert-OH is 1. The Balaban J connectivity index is 0.00000167. The van der Waals surface area contributed by atoms with Gasteiger partial charge in [-0.2, -0.15) is 0 Å². The summed E-state index contributed by atoms with van der Waals surface area (Å²) < 4.78 is 7.80. The standard InChI is InChI=1S/C24H28N4O4S.C2H6/c1-28-10-9-18(13-28)23(31)25-12-22(30)27-24-26-21(15-33-24)17-4-2-3-16(11-17)14-32-20-7-5-19(29)6-8-20;1-2/h2-4,9-11,13,15,19-20,29H,5-8,12,14H2,1H3,(H,25,31)(H,26,27,30);1-2H3. The summed E-state index contributed by atoms with van der Waals surface area (Å²) in [7, 11) is 1.83. The topological polar surface area (TPSA) is 105 Å². The normalized spacial score (nSPS) is 17.3. The molecule has 1 aromatic carbocycles. The highest BCUT2D eigenvalue weighted by molar-refractivity contribution is 7.14. The van der Waals surface area contributed by atoms with Gasteiger partial charge in [0.05, 0.1) is 36.6 Å². The molecule has 0 spiro atoms. The summed E-state index contributed by atoms with van der Waals surface area (Å²) >= 11 is 1.33. The summed E-state index contributed by atoms with van der Waals surface area (Å²) in [6.07, 6.45) is 6.85. The third kappa shape index (κ3) is 8.02. The Morgan fingerprint density at radius 1 is 1.20 bits per heavy atom. The summed E-state index contributed by atoms with van der Waals surface area (Å²) in [5, 5.41) is 17.3. The van der Waals surface area contributed by atoms with E-state index in [0.29, 0.717) is 17.3 Å². The second kappa shape index (κ2) is 13.2. The van der Waals surface area contributed by atoms with E-state index in [1.54, 1.807) is 23.0 Å². The lowest BCUT2D eigenvalue weighted by Crippen LogP contribution is -2.32. The molecule has 0 bridgehead atoms. The fourth-order valence-electron chi connectivity index (χ4n) is 3.77. The zero-order valence-corrected chi connectivity index (χ0v) is 21.3. The van der Waals surface area contributed by atoms with Gasteiger partial charge in [-0.15, -0.1) is 11.3 Å². The molecule has 0 saturated heterocycles. The van der Waals surface area contributed by atoms with Gasteiger partial charge in [-0.25, -0.2) is 4.98 Å². The fourth-order valence-corrected chi connectivity index (χ4v) is 4.51. The van der Waals surface area contributed by atoms with Crippen molar-refractivity contribution in [3.63, 3.8) is 0 Å². The van der Waals surface area contributed by atoms with Gasteiger partial charge in [0.1, 0.15) is 0 Å². The Morgan fingerprint density at radius 3 is 2.69 bits per heavy atom. The monoisotopic (exact) mass is 498 g/mol. The van der Waals surface area contributed by atoms with E-state index < -0.39 is 0 Å². The highest BCUT2D eigenvalue weighted by Gasteiger charge is 2.19. The zero-order chi connectivity index (χ0) is 25.2. The summed E-state index contributed by atoms with van der Waals surface area (Å²) in [4.78, 5) is 28.8. The minimum atomic E-state index is -0.333. The Labute approximate surface area is 210 Å². The smallest absolute Gasteiger partial charge is 0.253 e. The van der Waals surface area contributed by atoms with Crippen LogP contribution in [0.15, 0.2) is 48.1 Å². The molecule has 0 radical (unpaired) electrons. The van der Waals surface area contributed by atoms with Crippen LogP contribution in [-0.4, -0.2) is 45.2 Å². The summed E-state index contributed by atoms with van der Waals surface area (Å²) in [5.74, 6) is -0.631. The van der Waals surface area contributed by atoms with Crippen LogP contribution in [0.4, 0.5) is 5.13 Å². The van der Waals surface area contributed by atoms with Crippen molar-refractivity contribution in [2.45, 2.75) is 58.3 Å². The lowest BCUT2D eigenvalue weighted by atomic mass is 9.95. The predicted molar refractivity (Wildman–Crippen MR) is 138 cm³/mol. The number of carbonyl (C=O) groups is 2. The third-order valence-corrected chi connectivity index (χ3v) is 6.36. The first kappa shape index (κ1) is 26.6. The second-order valence-corrected chi connectivity index (χ2v) is 9.13. The van der Waals surface area contributed by atoms with E-state index in [0.717, 1.165) is 42.5 Å². The molecule has 0 aliphatic heterocycles. The number of thiazole rings is 1. The van der Waals surface area contributed by atoms with Crippen molar-refractivity contribution in [2.24, 2.45) is 7.05 Å².